The van der Waals surface area contributed by atoms with E-state index < -0.39 is 5.41 Å². The summed E-state index contributed by atoms with van der Waals surface area (Å²) in [7, 11) is 0. The maximum atomic E-state index is 7.20. The van der Waals surface area contributed by atoms with E-state index in [1.54, 1.807) is 0 Å². The molecule has 0 amide bonds. The molecule has 286 valence electrons. The van der Waals surface area contributed by atoms with Gasteiger partial charge in [-0.3, -0.25) is 0 Å². The average molecular weight is 778 g/mol. The summed E-state index contributed by atoms with van der Waals surface area (Å²) in [5.41, 5.74) is 16.4. The summed E-state index contributed by atoms with van der Waals surface area (Å²) in [6, 6.07) is 85.8. The lowest BCUT2D eigenvalue weighted by Crippen LogP contribution is -2.28. The Bertz CT molecular complexity index is 3350. The predicted molar refractivity (Wildman–Crippen MR) is 254 cm³/mol. The van der Waals surface area contributed by atoms with Crippen LogP contribution < -0.4 is 4.90 Å². The number of fused-ring (bicyclic) bond motifs is 8. The number of benzene rings is 10. The zero-order chi connectivity index (χ0) is 40.3. The Morgan fingerprint density at radius 1 is 0.361 bits per heavy atom. The van der Waals surface area contributed by atoms with Crippen LogP contribution in [0.4, 0.5) is 17.1 Å². The van der Waals surface area contributed by atoms with Gasteiger partial charge in [0.25, 0.3) is 0 Å². The molecule has 0 N–H and O–H groups in total. The van der Waals surface area contributed by atoms with Crippen LogP contribution in [0.3, 0.4) is 0 Å². The first-order chi connectivity index (χ1) is 30.3. The highest BCUT2D eigenvalue weighted by Gasteiger charge is 2.47. The number of hydrogen-bond acceptors (Lipinski definition) is 2. The van der Waals surface area contributed by atoms with E-state index in [1.165, 1.54) is 60.8 Å². The molecule has 0 fully saturated rings. The first-order valence-corrected chi connectivity index (χ1v) is 21.0. The number of nitrogens with zero attached hydrogens (tertiary/aromatic N) is 1. The topological polar surface area (TPSA) is 16.4 Å². The predicted octanol–water partition coefficient (Wildman–Crippen LogP) is 15.9. The lowest BCUT2D eigenvalue weighted by molar-refractivity contribution is 0.669. The standard InChI is InChI=1S/C59H39NO/c1-5-19-40(20-6-1)41-35-37-45(38-36-41)60(54-34-17-30-49-56-47-28-14-13-27-46(47)50(39-55(56)61-58(49)54)42-21-7-2-8-22-42)53-33-18-32-52-57(53)48-29-15-16-31-51(48)59(52,43-23-9-3-10-24-43)44-25-11-4-12-26-44/h1-39H. The SMILES string of the molecule is c1ccc(-c2ccc(N(c3cccc4c3-c3ccccc3C4(c3ccccc3)c3ccccc3)c3cccc4c3oc3cc(-c5ccccc5)c5ccccc5c34)cc2)cc1. The number of anilines is 3. The van der Waals surface area contributed by atoms with E-state index in [0.29, 0.717) is 0 Å². The average Bonchev–Trinajstić information content (AvgIpc) is 3.88. The Morgan fingerprint density at radius 3 is 1.59 bits per heavy atom. The maximum Gasteiger partial charge on any atom is 0.159 e. The third kappa shape index (κ3) is 5.36. The molecule has 11 aromatic rings. The molecule has 1 heterocycles. The molecule has 12 rings (SSSR count). The largest absolute Gasteiger partial charge is 0.454 e. The third-order valence-electron chi connectivity index (χ3n) is 12.7. The Balaban J connectivity index is 1.16. The van der Waals surface area contributed by atoms with E-state index >= 15 is 0 Å². The molecular formula is C59H39NO. The first kappa shape index (κ1) is 35.0. The van der Waals surface area contributed by atoms with Gasteiger partial charge in [0.15, 0.2) is 5.58 Å². The van der Waals surface area contributed by atoms with Crippen molar-refractivity contribution >= 4 is 49.8 Å². The molecular weight excluding hydrogens is 739 g/mol. The van der Waals surface area contributed by atoms with E-state index in [0.717, 1.165) is 44.6 Å². The summed E-state index contributed by atoms with van der Waals surface area (Å²) in [6.45, 7) is 0. The fraction of sp³-hybridized carbons (Fsp3) is 0.0169. The van der Waals surface area contributed by atoms with Crippen LogP contribution in [-0.2, 0) is 5.41 Å². The quantitative estimate of drug-likeness (QED) is 0.160. The Hall–Kier alpha value is -7.94. The molecule has 0 saturated heterocycles. The molecule has 1 aliphatic carbocycles. The first-order valence-electron chi connectivity index (χ1n) is 21.0. The van der Waals surface area contributed by atoms with E-state index in [-0.39, 0.29) is 0 Å². The fourth-order valence-electron chi connectivity index (χ4n) is 10.2. The van der Waals surface area contributed by atoms with Gasteiger partial charge in [-0.15, -0.1) is 0 Å². The van der Waals surface area contributed by atoms with Crippen LogP contribution in [0, 0.1) is 0 Å². The summed E-state index contributed by atoms with van der Waals surface area (Å²) >= 11 is 0. The van der Waals surface area contributed by atoms with Crippen molar-refractivity contribution in [1.29, 1.82) is 0 Å². The molecule has 1 aromatic heterocycles. The normalized spacial score (nSPS) is 12.7. The van der Waals surface area contributed by atoms with Crippen LogP contribution in [0.25, 0.3) is 66.1 Å². The molecule has 61 heavy (non-hydrogen) atoms. The van der Waals surface area contributed by atoms with Gasteiger partial charge in [-0.2, -0.15) is 0 Å². The van der Waals surface area contributed by atoms with Crippen LogP contribution in [0.15, 0.2) is 241 Å². The molecule has 0 unspecified atom stereocenters. The van der Waals surface area contributed by atoms with Gasteiger partial charge < -0.3 is 9.32 Å². The van der Waals surface area contributed by atoms with E-state index in [2.05, 4.69) is 241 Å². The number of hydrogen-bond donors (Lipinski definition) is 0. The minimum absolute atomic E-state index is 0.536. The maximum absolute atomic E-state index is 7.20. The van der Waals surface area contributed by atoms with Crippen molar-refractivity contribution in [2.45, 2.75) is 5.41 Å². The molecule has 2 heteroatoms. The Kier molecular flexibility index (Phi) is 8.11. The van der Waals surface area contributed by atoms with E-state index in [9.17, 15) is 0 Å². The lowest BCUT2D eigenvalue weighted by atomic mass is 9.68. The van der Waals surface area contributed by atoms with Crippen LogP contribution >= 0.6 is 0 Å². The highest BCUT2D eigenvalue weighted by Crippen LogP contribution is 2.60. The molecule has 1 aliphatic rings. The van der Waals surface area contributed by atoms with Gasteiger partial charge in [0.1, 0.15) is 5.58 Å². The summed E-state index contributed by atoms with van der Waals surface area (Å²) in [6.07, 6.45) is 0. The van der Waals surface area contributed by atoms with Crippen LogP contribution in [-0.4, -0.2) is 0 Å². The smallest absolute Gasteiger partial charge is 0.159 e. The third-order valence-corrected chi connectivity index (χ3v) is 12.7. The summed E-state index contributed by atoms with van der Waals surface area (Å²) < 4.78 is 7.20. The zero-order valence-corrected chi connectivity index (χ0v) is 33.4. The van der Waals surface area contributed by atoms with Crippen molar-refractivity contribution in [3.63, 3.8) is 0 Å². The molecule has 10 aromatic carbocycles. The number of furan rings is 1. The van der Waals surface area contributed by atoms with Crippen molar-refractivity contribution in [3.05, 3.63) is 259 Å². The minimum atomic E-state index is -0.536. The monoisotopic (exact) mass is 777 g/mol. The molecule has 0 bridgehead atoms. The van der Waals surface area contributed by atoms with Gasteiger partial charge in [-0.05, 0) is 91.2 Å². The van der Waals surface area contributed by atoms with Gasteiger partial charge in [-0.25, -0.2) is 0 Å². The molecule has 0 radical (unpaired) electrons. The molecule has 2 nitrogen and oxygen atoms in total. The van der Waals surface area contributed by atoms with Crippen LogP contribution in [0.1, 0.15) is 22.3 Å². The molecule has 0 saturated carbocycles. The van der Waals surface area contributed by atoms with Crippen molar-refractivity contribution in [2.75, 3.05) is 4.90 Å². The number of para-hydroxylation sites is 1. The van der Waals surface area contributed by atoms with E-state index in [4.69, 9.17) is 4.42 Å². The van der Waals surface area contributed by atoms with Crippen molar-refractivity contribution in [2.24, 2.45) is 0 Å². The van der Waals surface area contributed by atoms with Crippen LogP contribution in [0.2, 0.25) is 0 Å². The second kappa shape index (κ2) is 14.1. The molecule has 0 atom stereocenters. The minimum Gasteiger partial charge on any atom is -0.454 e. The second-order valence-corrected chi connectivity index (χ2v) is 15.9. The highest BCUT2D eigenvalue weighted by atomic mass is 16.3. The van der Waals surface area contributed by atoms with Gasteiger partial charge in [0, 0.05) is 22.0 Å². The van der Waals surface area contributed by atoms with Gasteiger partial charge in [-0.1, -0.05) is 206 Å². The van der Waals surface area contributed by atoms with Gasteiger partial charge >= 0.3 is 0 Å². The summed E-state index contributed by atoms with van der Waals surface area (Å²) in [4.78, 5) is 2.43. The Labute approximate surface area is 355 Å². The zero-order valence-electron chi connectivity index (χ0n) is 33.4. The fourth-order valence-corrected chi connectivity index (χ4v) is 10.2. The lowest BCUT2D eigenvalue weighted by Gasteiger charge is -2.34. The second-order valence-electron chi connectivity index (χ2n) is 15.9. The van der Waals surface area contributed by atoms with Crippen molar-refractivity contribution in [1.82, 2.24) is 0 Å². The van der Waals surface area contributed by atoms with E-state index in [1.807, 2.05) is 0 Å². The van der Waals surface area contributed by atoms with Crippen LogP contribution in [0.5, 0.6) is 0 Å². The Morgan fingerprint density at radius 2 is 0.885 bits per heavy atom. The van der Waals surface area contributed by atoms with Gasteiger partial charge in [0.2, 0.25) is 0 Å². The summed E-state index contributed by atoms with van der Waals surface area (Å²) in [5, 5.41) is 4.60. The van der Waals surface area contributed by atoms with Crippen molar-refractivity contribution in [3.8, 4) is 33.4 Å². The summed E-state index contributed by atoms with van der Waals surface area (Å²) in [5.74, 6) is 0. The molecule has 0 aliphatic heterocycles. The highest BCUT2D eigenvalue weighted by molar-refractivity contribution is 6.24. The van der Waals surface area contributed by atoms with Gasteiger partial charge in [0.05, 0.1) is 16.8 Å². The van der Waals surface area contributed by atoms with Crippen molar-refractivity contribution < 1.29 is 4.42 Å². The number of rotatable bonds is 7. The molecule has 0 spiro atoms.